The van der Waals surface area contributed by atoms with E-state index in [1.54, 1.807) is 7.11 Å². The highest BCUT2D eigenvalue weighted by atomic mass is 32.1. The summed E-state index contributed by atoms with van der Waals surface area (Å²) in [4.78, 5) is 17.4. The summed E-state index contributed by atoms with van der Waals surface area (Å²) in [5, 5.41) is 9.21. The van der Waals surface area contributed by atoms with Gasteiger partial charge < -0.3 is 4.74 Å². The summed E-state index contributed by atoms with van der Waals surface area (Å²) in [7, 11) is 1.63. The minimum atomic E-state index is -0.223. The van der Waals surface area contributed by atoms with E-state index in [0.717, 1.165) is 34.1 Å². The van der Waals surface area contributed by atoms with Gasteiger partial charge in [-0.05, 0) is 37.0 Å². The molecule has 1 aromatic carbocycles. The summed E-state index contributed by atoms with van der Waals surface area (Å²) >= 11 is 2.47. The van der Waals surface area contributed by atoms with Crippen LogP contribution in [0.25, 0.3) is 11.3 Å². The molecule has 0 aliphatic rings. The molecule has 2 heterocycles. The Hall–Kier alpha value is -2.32. The average molecular weight is 360 g/mol. The number of hydrogen-bond acceptors (Lipinski definition) is 7. The van der Waals surface area contributed by atoms with Gasteiger partial charge in [0.15, 0.2) is 5.13 Å². The van der Waals surface area contributed by atoms with Gasteiger partial charge in [0.1, 0.15) is 10.6 Å². The number of rotatable bonds is 5. The number of anilines is 1. The van der Waals surface area contributed by atoms with Gasteiger partial charge in [0.2, 0.25) is 0 Å². The number of benzene rings is 1. The topological polar surface area (TPSA) is 77.0 Å². The zero-order chi connectivity index (χ0) is 17.1. The van der Waals surface area contributed by atoms with E-state index in [1.165, 1.54) is 11.3 Å². The van der Waals surface area contributed by atoms with Crippen molar-refractivity contribution in [3.8, 4) is 17.0 Å². The molecule has 0 unspecified atom stereocenters. The molecule has 8 heteroatoms. The van der Waals surface area contributed by atoms with E-state index in [0.29, 0.717) is 22.1 Å². The average Bonchev–Trinajstić information content (AvgIpc) is 3.23. The van der Waals surface area contributed by atoms with Crippen LogP contribution in [-0.4, -0.2) is 27.6 Å². The predicted octanol–water partition coefficient (Wildman–Crippen LogP) is 3.79. The fourth-order valence-electron chi connectivity index (χ4n) is 2.24. The second-order valence-corrected chi connectivity index (χ2v) is 6.71. The summed E-state index contributed by atoms with van der Waals surface area (Å²) in [6, 6.07) is 5.92. The number of carbonyl (C=O) groups is 1. The van der Waals surface area contributed by atoms with E-state index in [9.17, 15) is 4.79 Å². The van der Waals surface area contributed by atoms with E-state index in [4.69, 9.17) is 4.74 Å². The summed E-state index contributed by atoms with van der Waals surface area (Å²) in [6.45, 7) is 3.96. The van der Waals surface area contributed by atoms with Crippen molar-refractivity contribution >= 4 is 33.9 Å². The van der Waals surface area contributed by atoms with Crippen molar-refractivity contribution in [2.24, 2.45) is 0 Å². The van der Waals surface area contributed by atoms with Gasteiger partial charge in [-0.15, -0.1) is 16.4 Å². The molecular formula is C16H16N4O2S2. The van der Waals surface area contributed by atoms with Crippen molar-refractivity contribution in [2.75, 3.05) is 12.4 Å². The van der Waals surface area contributed by atoms with Crippen molar-refractivity contribution in [2.45, 2.75) is 20.3 Å². The Bertz CT molecular complexity index is 873. The Kier molecular flexibility index (Phi) is 4.86. The fourth-order valence-corrected chi connectivity index (χ4v) is 3.59. The number of carbonyl (C=O) groups excluding carboxylic acids is 1. The van der Waals surface area contributed by atoms with Crippen LogP contribution in [0.1, 0.15) is 27.9 Å². The predicted molar refractivity (Wildman–Crippen MR) is 96.1 cm³/mol. The molecule has 6 nitrogen and oxygen atoms in total. The smallest absolute Gasteiger partial charge is 0.271 e. The first-order chi connectivity index (χ1) is 11.6. The van der Waals surface area contributed by atoms with Crippen molar-refractivity contribution in [3.05, 3.63) is 39.7 Å². The number of ether oxygens (including phenoxy) is 1. The van der Waals surface area contributed by atoms with E-state index >= 15 is 0 Å². The van der Waals surface area contributed by atoms with Crippen LogP contribution in [0.3, 0.4) is 0 Å². The molecule has 0 fully saturated rings. The van der Waals surface area contributed by atoms with Crippen molar-refractivity contribution in [1.29, 1.82) is 0 Å². The number of aryl methyl sites for hydroxylation is 2. The normalized spacial score (nSPS) is 10.6. The number of thiazole rings is 1. The second-order valence-electron chi connectivity index (χ2n) is 5.10. The minimum Gasteiger partial charge on any atom is -0.496 e. The van der Waals surface area contributed by atoms with Gasteiger partial charge in [-0.3, -0.25) is 10.1 Å². The number of nitrogens with one attached hydrogen (secondary N) is 1. The number of nitrogens with zero attached hydrogens (tertiary/aromatic N) is 3. The molecule has 3 aromatic rings. The molecule has 0 aliphatic carbocycles. The number of amides is 1. The first-order valence-electron chi connectivity index (χ1n) is 7.35. The van der Waals surface area contributed by atoms with Gasteiger partial charge >= 0.3 is 0 Å². The van der Waals surface area contributed by atoms with Gasteiger partial charge in [-0.25, -0.2) is 4.98 Å². The van der Waals surface area contributed by atoms with Crippen LogP contribution in [0.2, 0.25) is 0 Å². The maximum atomic E-state index is 12.3. The molecule has 124 valence electrons. The molecule has 0 spiro atoms. The first kappa shape index (κ1) is 16.5. The molecule has 1 amide bonds. The highest BCUT2D eigenvalue weighted by molar-refractivity contribution is 7.14. The quantitative estimate of drug-likeness (QED) is 0.749. The molecule has 3 rings (SSSR count). The standard InChI is InChI=1S/C16H16N4O2S2/c1-4-11-14(24-20-19-11)15(21)18-16-17-12(8-23-16)10-7-9(2)5-6-13(10)22-3/h5-8H,4H2,1-3H3,(H,17,18,21). The Morgan fingerprint density at radius 1 is 1.38 bits per heavy atom. The zero-order valence-electron chi connectivity index (χ0n) is 13.5. The van der Waals surface area contributed by atoms with Gasteiger partial charge in [0.05, 0.1) is 18.5 Å². The summed E-state index contributed by atoms with van der Waals surface area (Å²) in [5.74, 6) is 0.530. The van der Waals surface area contributed by atoms with E-state index in [1.807, 2.05) is 37.4 Å². The van der Waals surface area contributed by atoms with Crippen LogP contribution in [0.4, 0.5) is 5.13 Å². The van der Waals surface area contributed by atoms with Crippen molar-refractivity contribution in [3.63, 3.8) is 0 Å². The van der Waals surface area contributed by atoms with Gasteiger partial charge in [-0.2, -0.15) is 0 Å². The van der Waals surface area contributed by atoms with Crippen LogP contribution in [0, 0.1) is 6.92 Å². The largest absolute Gasteiger partial charge is 0.496 e. The van der Waals surface area contributed by atoms with Gasteiger partial charge in [-0.1, -0.05) is 23.0 Å². The molecule has 0 atom stereocenters. The molecule has 0 bridgehead atoms. The van der Waals surface area contributed by atoms with Gasteiger partial charge in [0, 0.05) is 10.9 Å². The summed E-state index contributed by atoms with van der Waals surface area (Å²) < 4.78 is 9.23. The highest BCUT2D eigenvalue weighted by Crippen LogP contribution is 2.33. The van der Waals surface area contributed by atoms with E-state index in [2.05, 4.69) is 19.9 Å². The lowest BCUT2D eigenvalue weighted by atomic mass is 10.1. The maximum Gasteiger partial charge on any atom is 0.271 e. The molecule has 2 aromatic heterocycles. The third-order valence-electron chi connectivity index (χ3n) is 3.45. The van der Waals surface area contributed by atoms with Crippen LogP contribution < -0.4 is 10.1 Å². The van der Waals surface area contributed by atoms with Crippen LogP contribution in [0.5, 0.6) is 5.75 Å². The molecule has 24 heavy (non-hydrogen) atoms. The van der Waals surface area contributed by atoms with Crippen molar-refractivity contribution < 1.29 is 9.53 Å². The van der Waals surface area contributed by atoms with E-state index < -0.39 is 0 Å². The Morgan fingerprint density at radius 2 is 2.21 bits per heavy atom. The van der Waals surface area contributed by atoms with Crippen LogP contribution in [-0.2, 0) is 6.42 Å². The number of hydrogen-bond donors (Lipinski definition) is 1. The molecule has 0 saturated heterocycles. The second kappa shape index (κ2) is 7.06. The Balaban J connectivity index is 1.84. The zero-order valence-corrected chi connectivity index (χ0v) is 15.1. The van der Waals surface area contributed by atoms with Crippen LogP contribution in [0.15, 0.2) is 23.6 Å². The number of methoxy groups -OCH3 is 1. The molecule has 0 saturated carbocycles. The molecule has 1 N–H and O–H groups in total. The summed E-state index contributed by atoms with van der Waals surface area (Å²) in [5.41, 5.74) is 3.50. The first-order valence-corrected chi connectivity index (χ1v) is 9.00. The maximum absolute atomic E-state index is 12.3. The minimum absolute atomic E-state index is 0.223. The lowest BCUT2D eigenvalue weighted by molar-refractivity contribution is 0.102. The highest BCUT2D eigenvalue weighted by Gasteiger charge is 2.17. The summed E-state index contributed by atoms with van der Waals surface area (Å²) in [6.07, 6.45) is 0.670. The molecular weight excluding hydrogens is 344 g/mol. The lowest BCUT2D eigenvalue weighted by Crippen LogP contribution is -2.12. The Labute approximate surface area is 147 Å². The van der Waals surface area contributed by atoms with E-state index in [-0.39, 0.29) is 5.91 Å². The number of aromatic nitrogens is 3. The Morgan fingerprint density at radius 3 is 2.96 bits per heavy atom. The van der Waals surface area contributed by atoms with Crippen molar-refractivity contribution in [1.82, 2.24) is 14.6 Å². The SMILES string of the molecule is CCc1nnsc1C(=O)Nc1nc(-c2cc(C)ccc2OC)cs1. The third kappa shape index (κ3) is 3.29. The lowest BCUT2D eigenvalue weighted by Gasteiger charge is -2.07. The molecule has 0 radical (unpaired) electrons. The van der Waals surface area contributed by atoms with Crippen LogP contribution >= 0.6 is 22.9 Å². The third-order valence-corrected chi connectivity index (χ3v) is 4.98. The molecule has 0 aliphatic heterocycles. The fraction of sp³-hybridized carbons (Fsp3) is 0.250. The van der Waals surface area contributed by atoms with Gasteiger partial charge in [0.25, 0.3) is 5.91 Å². The monoisotopic (exact) mass is 360 g/mol.